The first-order valence-electron chi connectivity index (χ1n) is 7.75. The van der Waals surface area contributed by atoms with Crippen LogP contribution in [0, 0.1) is 0 Å². The third-order valence-electron chi connectivity index (χ3n) is 4.10. The molecule has 24 heavy (non-hydrogen) atoms. The molecular weight excluding hydrogens is 354 g/mol. The predicted octanol–water partition coefficient (Wildman–Crippen LogP) is 1.82. The molecular formula is C16H22ClNO5S. The summed E-state index contributed by atoms with van der Waals surface area (Å²) in [6, 6.07) is 5.91. The van der Waals surface area contributed by atoms with Crippen molar-refractivity contribution in [3.8, 4) is 0 Å². The Hall–Kier alpha value is -1.15. The number of rotatable bonds is 7. The first-order valence-corrected chi connectivity index (χ1v) is 9.78. The number of methoxy groups -OCH3 is 1. The first-order chi connectivity index (χ1) is 11.4. The minimum Gasteiger partial charge on any atom is -0.378 e. The Labute approximate surface area is 147 Å². The van der Waals surface area contributed by atoms with Crippen LogP contribution in [0.3, 0.4) is 0 Å². The minimum absolute atomic E-state index is 0.106. The molecule has 0 aliphatic carbocycles. The fraction of sp³-hybridized carbons (Fsp3) is 0.562. The third-order valence-corrected chi connectivity index (χ3v) is 6.08. The molecule has 1 heterocycles. The van der Waals surface area contributed by atoms with Crippen LogP contribution in [0.1, 0.15) is 19.3 Å². The van der Waals surface area contributed by atoms with E-state index in [1.54, 1.807) is 7.11 Å². The molecule has 134 valence electrons. The van der Waals surface area contributed by atoms with Gasteiger partial charge in [-0.3, -0.25) is 4.79 Å². The average molecular weight is 376 g/mol. The average Bonchev–Trinajstić information content (AvgIpc) is 2.59. The van der Waals surface area contributed by atoms with Gasteiger partial charge in [0.15, 0.2) is 9.84 Å². The number of nitrogens with one attached hydrogen (secondary N) is 1. The summed E-state index contributed by atoms with van der Waals surface area (Å²) in [4.78, 5) is 12.1. The van der Waals surface area contributed by atoms with Gasteiger partial charge < -0.3 is 14.8 Å². The van der Waals surface area contributed by atoms with Crippen LogP contribution < -0.4 is 5.32 Å². The molecule has 1 saturated heterocycles. The Morgan fingerprint density at radius 3 is 2.67 bits per heavy atom. The Morgan fingerprint density at radius 2 is 2.08 bits per heavy atom. The van der Waals surface area contributed by atoms with E-state index in [1.807, 2.05) is 0 Å². The van der Waals surface area contributed by atoms with Crippen LogP contribution in [0.25, 0.3) is 0 Å². The highest BCUT2D eigenvalue weighted by Gasteiger charge is 2.33. The SMILES string of the molecule is COC1(CNC(=O)CCS(=O)(=O)c2ccc(Cl)cc2)CCCOC1. The highest BCUT2D eigenvalue weighted by molar-refractivity contribution is 7.91. The summed E-state index contributed by atoms with van der Waals surface area (Å²) in [5.41, 5.74) is -0.525. The van der Waals surface area contributed by atoms with Gasteiger partial charge >= 0.3 is 0 Å². The molecule has 1 amide bonds. The molecule has 1 aromatic carbocycles. The van der Waals surface area contributed by atoms with E-state index in [1.165, 1.54) is 24.3 Å². The van der Waals surface area contributed by atoms with E-state index in [9.17, 15) is 13.2 Å². The monoisotopic (exact) mass is 375 g/mol. The van der Waals surface area contributed by atoms with Crippen molar-refractivity contribution in [1.29, 1.82) is 0 Å². The second-order valence-electron chi connectivity index (χ2n) is 5.84. The molecule has 1 N–H and O–H groups in total. The van der Waals surface area contributed by atoms with Crippen LogP contribution in [0.2, 0.25) is 5.02 Å². The van der Waals surface area contributed by atoms with Gasteiger partial charge in [0.05, 0.1) is 17.3 Å². The highest BCUT2D eigenvalue weighted by atomic mass is 35.5. The van der Waals surface area contributed by atoms with Crippen molar-refractivity contribution in [2.75, 3.05) is 32.6 Å². The smallest absolute Gasteiger partial charge is 0.221 e. The fourth-order valence-corrected chi connectivity index (χ4v) is 3.90. The maximum atomic E-state index is 12.2. The Morgan fingerprint density at radius 1 is 1.38 bits per heavy atom. The lowest BCUT2D eigenvalue weighted by molar-refractivity contribution is -0.128. The van der Waals surface area contributed by atoms with Crippen molar-refractivity contribution < 1.29 is 22.7 Å². The van der Waals surface area contributed by atoms with E-state index in [-0.39, 0.29) is 23.0 Å². The summed E-state index contributed by atoms with van der Waals surface area (Å²) in [6.07, 6.45) is 1.56. The number of benzene rings is 1. The number of amides is 1. The van der Waals surface area contributed by atoms with Gasteiger partial charge in [0.1, 0.15) is 5.60 Å². The zero-order valence-electron chi connectivity index (χ0n) is 13.6. The van der Waals surface area contributed by atoms with Crippen molar-refractivity contribution >= 4 is 27.3 Å². The van der Waals surface area contributed by atoms with E-state index in [2.05, 4.69) is 5.32 Å². The number of sulfone groups is 1. The number of carbonyl (C=O) groups excluding carboxylic acids is 1. The second-order valence-corrected chi connectivity index (χ2v) is 8.39. The van der Waals surface area contributed by atoms with Gasteiger partial charge in [-0.15, -0.1) is 0 Å². The molecule has 1 aromatic rings. The first kappa shape index (κ1) is 19.2. The molecule has 0 aromatic heterocycles. The summed E-state index contributed by atoms with van der Waals surface area (Å²) in [5, 5.41) is 3.21. The normalized spacial score (nSPS) is 21.4. The van der Waals surface area contributed by atoms with Crippen LogP contribution >= 0.6 is 11.6 Å². The molecule has 0 spiro atoms. The van der Waals surface area contributed by atoms with Crippen LogP contribution in [0.15, 0.2) is 29.2 Å². The molecule has 0 saturated carbocycles. The Bertz CT molecular complexity index is 654. The predicted molar refractivity (Wildman–Crippen MR) is 90.9 cm³/mol. The van der Waals surface area contributed by atoms with Crippen LogP contribution in [0.4, 0.5) is 0 Å². The van der Waals surface area contributed by atoms with Gasteiger partial charge in [-0.1, -0.05) is 11.6 Å². The van der Waals surface area contributed by atoms with Gasteiger partial charge in [0.2, 0.25) is 5.91 Å². The summed E-state index contributed by atoms with van der Waals surface area (Å²) >= 11 is 5.75. The minimum atomic E-state index is -3.51. The lowest BCUT2D eigenvalue weighted by Crippen LogP contribution is -2.50. The van der Waals surface area contributed by atoms with Gasteiger partial charge in [-0.05, 0) is 37.1 Å². The highest BCUT2D eigenvalue weighted by Crippen LogP contribution is 2.22. The summed E-state index contributed by atoms with van der Waals surface area (Å²) in [7, 11) is -1.92. The maximum absolute atomic E-state index is 12.2. The summed E-state index contributed by atoms with van der Waals surface area (Å²) in [5.74, 6) is -0.578. The van der Waals surface area contributed by atoms with Gasteiger partial charge in [0, 0.05) is 31.7 Å². The van der Waals surface area contributed by atoms with Crippen molar-refractivity contribution in [2.45, 2.75) is 29.8 Å². The van der Waals surface area contributed by atoms with Crippen molar-refractivity contribution in [2.24, 2.45) is 0 Å². The fourth-order valence-electron chi connectivity index (χ4n) is 2.53. The van der Waals surface area contributed by atoms with E-state index in [0.717, 1.165) is 12.8 Å². The van der Waals surface area contributed by atoms with E-state index >= 15 is 0 Å². The zero-order chi connectivity index (χ0) is 17.6. The molecule has 2 rings (SSSR count). The van der Waals surface area contributed by atoms with E-state index < -0.39 is 15.4 Å². The van der Waals surface area contributed by atoms with Crippen molar-refractivity contribution in [1.82, 2.24) is 5.32 Å². The molecule has 0 bridgehead atoms. The molecule has 0 radical (unpaired) electrons. The van der Waals surface area contributed by atoms with Gasteiger partial charge in [-0.25, -0.2) is 8.42 Å². The molecule has 1 fully saturated rings. The molecule has 1 atom stereocenters. The van der Waals surface area contributed by atoms with Crippen molar-refractivity contribution in [3.63, 3.8) is 0 Å². The van der Waals surface area contributed by atoms with Crippen molar-refractivity contribution in [3.05, 3.63) is 29.3 Å². The van der Waals surface area contributed by atoms with E-state index in [4.69, 9.17) is 21.1 Å². The van der Waals surface area contributed by atoms with Crippen LogP contribution in [-0.4, -0.2) is 52.5 Å². The molecule has 1 aliphatic heterocycles. The zero-order valence-corrected chi connectivity index (χ0v) is 15.2. The van der Waals surface area contributed by atoms with Gasteiger partial charge in [-0.2, -0.15) is 0 Å². The summed E-state index contributed by atoms with van der Waals surface area (Å²) < 4.78 is 35.3. The van der Waals surface area contributed by atoms with Gasteiger partial charge in [0.25, 0.3) is 0 Å². The number of halogens is 1. The number of carbonyl (C=O) groups is 1. The number of ether oxygens (including phenoxy) is 2. The lowest BCUT2D eigenvalue weighted by Gasteiger charge is -2.35. The summed E-state index contributed by atoms with van der Waals surface area (Å²) in [6.45, 7) is 1.43. The largest absolute Gasteiger partial charge is 0.378 e. The topological polar surface area (TPSA) is 81.7 Å². The third kappa shape index (κ3) is 5.17. The number of hydrogen-bond donors (Lipinski definition) is 1. The number of hydrogen-bond acceptors (Lipinski definition) is 5. The molecule has 1 unspecified atom stereocenters. The molecule has 1 aliphatic rings. The standard InChI is InChI=1S/C16H22ClNO5S/c1-22-16(8-2-9-23-12-16)11-18-15(19)7-10-24(20,21)14-5-3-13(17)4-6-14/h3-6H,2,7-12H2,1H3,(H,18,19). The van der Waals surface area contributed by atoms with E-state index in [0.29, 0.717) is 24.8 Å². The maximum Gasteiger partial charge on any atom is 0.221 e. The Kier molecular flexibility index (Phi) is 6.62. The lowest BCUT2D eigenvalue weighted by atomic mass is 9.96. The van der Waals surface area contributed by atoms with Crippen LogP contribution in [0.5, 0.6) is 0 Å². The quantitative estimate of drug-likeness (QED) is 0.786. The Balaban J connectivity index is 1.85. The molecule has 8 heteroatoms. The second kappa shape index (κ2) is 8.29. The molecule has 6 nitrogen and oxygen atoms in total. The van der Waals surface area contributed by atoms with Crippen LogP contribution in [-0.2, 0) is 24.1 Å².